The predicted octanol–water partition coefficient (Wildman–Crippen LogP) is 3.11. The average molecular weight is 353 g/mol. The first-order valence-electron chi connectivity index (χ1n) is 8.95. The summed E-state index contributed by atoms with van der Waals surface area (Å²) >= 11 is 0. The molecule has 142 valence electrons. The molecule has 0 saturated heterocycles. The van der Waals surface area contributed by atoms with Crippen LogP contribution in [0.25, 0.3) is 0 Å². The Labute approximate surface area is 150 Å². The van der Waals surface area contributed by atoms with E-state index in [1.807, 2.05) is 39.8 Å². The lowest BCUT2D eigenvalue weighted by Gasteiger charge is -2.22. The van der Waals surface area contributed by atoms with E-state index in [1.165, 1.54) is 0 Å². The van der Waals surface area contributed by atoms with E-state index in [0.717, 1.165) is 11.3 Å². The Morgan fingerprint density at radius 2 is 1.64 bits per heavy atom. The van der Waals surface area contributed by atoms with Gasteiger partial charge in [0.05, 0.1) is 25.7 Å². The molecular formula is C19H31NO5. The summed E-state index contributed by atoms with van der Waals surface area (Å²) in [5, 5.41) is 9.23. The third kappa shape index (κ3) is 6.12. The number of carbonyl (C=O) groups is 1. The minimum atomic E-state index is -0.854. The fourth-order valence-electron chi connectivity index (χ4n) is 2.86. The zero-order valence-corrected chi connectivity index (χ0v) is 15.7. The summed E-state index contributed by atoms with van der Waals surface area (Å²) in [7, 11) is 0. The maximum Gasteiger partial charge on any atom is 0.307 e. The van der Waals surface area contributed by atoms with Gasteiger partial charge in [-0.25, -0.2) is 0 Å². The van der Waals surface area contributed by atoms with Gasteiger partial charge in [0.1, 0.15) is 5.75 Å². The monoisotopic (exact) mass is 353 g/mol. The standard InChI is InChI=1S/C19H31NO5/c1-5-23-16-8-9-17(24-6-2)18(25-7-3)15(16)11-13(4)10-14(12-20)19(21)22/h8-9,13-14H,5-7,10-12,20H2,1-4H3,(H,21,22). The Morgan fingerprint density at radius 3 is 2.16 bits per heavy atom. The van der Waals surface area contributed by atoms with Crippen molar-refractivity contribution in [3.63, 3.8) is 0 Å². The van der Waals surface area contributed by atoms with Gasteiger partial charge in [-0.05, 0) is 51.7 Å². The third-order valence-corrected chi connectivity index (χ3v) is 3.94. The molecule has 2 atom stereocenters. The van der Waals surface area contributed by atoms with E-state index >= 15 is 0 Å². The summed E-state index contributed by atoms with van der Waals surface area (Å²) in [6.45, 7) is 9.52. The summed E-state index contributed by atoms with van der Waals surface area (Å²) in [5.41, 5.74) is 6.50. The second-order valence-electron chi connectivity index (χ2n) is 5.98. The molecule has 0 aliphatic rings. The van der Waals surface area contributed by atoms with Gasteiger partial charge in [-0.2, -0.15) is 0 Å². The lowest BCUT2D eigenvalue weighted by Crippen LogP contribution is -2.25. The molecule has 0 amide bonds. The highest BCUT2D eigenvalue weighted by atomic mass is 16.5. The lowest BCUT2D eigenvalue weighted by molar-refractivity contribution is -0.141. The van der Waals surface area contributed by atoms with E-state index in [9.17, 15) is 9.90 Å². The number of ether oxygens (including phenoxy) is 3. The summed E-state index contributed by atoms with van der Waals surface area (Å²) in [5.74, 6) is 0.829. The van der Waals surface area contributed by atoms with Crippen LogP contribution in [-0.2, 0) is 11.2 Å². The van der Waals surface area contributed by atoms with Crippen molar-refractivity contribution in [2.75, 3.05) is 26.4 Å². The van der Waals surface area contributed by atoms with Crippen molar-refractivity contribution in [2.24, 2.45) is 17.6 Å². The van der Waals surface area contributed by atoms with Crippen LogP contribution in [0.5, 0.6) is 17.2 Å². The molecule has 0 bridgehead atoms. The van der Waals surface area contributed by atoms with Crippen LogP contribution in [0, 0.1) is 11.8 Å². The second kappa shape index (κ2) is 10.8. The SMILES string of the molecule is CCOc1ccc(OCC)c(OCC)c1CC(C)CC(CN)C(=O)O. The molecule has 3 N–H and O–H groups in total. The van der Waals surface area contributed by atoms with Crippen LogP contribution in [-0.4, -0.2) is 37.4 Å². The third-order valence-electron chi connectivity index (χ3n) is 3.94. The van der Waals surface area contributed by atoms with Crippen molar-refractivity contribution in [3.05, 3.63) is 17.7 Å². The first-order chi connectivity index (χ1) is 12.0. The molecular weight excluding hydrogens is 322 g/mol. The molecule has 1 aromatic carbocycles. The number of carboxylic acid groups (broad SMARTS) is 1. The Morgan fingerprint density at radius 1 is 1.08 bits per heavy atom. The molecule has 0 fully saturated rings. The van der Waals surface area contributed by atoms with Crippen molar-refractivity contribution in [3.8, 4) is 17.2 Å². The Balaban J connectivity index is 3.14. The quantitative estimate of drug-likeness (QED) is 0.600. The van der Waals surface area contributed by atoms with E-state index in [1.54, 1.807) is 0 Å². The van der Waals surface area contributed by atoms with E-state index < -0.39 is 11.9 Å². The van der Waals surface area contributed by atoms with Gasteiger partial charge in [-0.3, -0.25) is 4.79 Å². The predicted molar refractivity (Wildman–Crippen MR) is 97.6 cm³/mol. The smallest absolute Gasteiger partial charge is 0.307 e. The van der Waals surface area contributed by atoms with E-state index in [4.69, 9.17) is 19.9 Å². The lowest BCUT2D eigenvalue weighted by atomic mass is 9.90. The number of hydrogen-bond donors (Lipinski definition) is 2. The molecule has 2 unspecified atom stereocenters. The van der Waals surface area contributed by atoms with Crippen LogP contribution in [0.3, 0.4) is 0 Å². The van der Waals surface area contributed by atoms with Crippen LogP contribution in [0.4, 0.5) is 0 Å². The van der Waals surface area contributed by atoms with Crippen LogP contribution in [0.2, 0.25) is 0 Å². The molecule has 0 aliphatic carbocycles. The van der Waals surface area contributed by atoms with Crippen molar-refractivity contribution >= 4 is 5.97 Å². The number of benzene rings is 1. The maximum atomic E-state index is 11.2. The maximum absolute atomic E-state index is 11.2. The number of hydrogen-bond acceptors (Lipinski definition) is 5. The van der Waals surface area contributed by atoms with Crippen molar-refractivity contribution in [1.29, 1.82) is 0 Å². The average Bonchev–Trinajstić information content (AvgIpc) is 2.57. The van der Waals surface area contributed by atoms with Gasteiger partial charge in [0, 0.05) is 12.1 Å². The number of carboxylic acids is 1. The molecule has 0 spiro atoms. The Hall–Kier alpha value is -1.95. The summed E-state index contributed by atoms with van der Waals surface area (Å²) in [4.78, 5) is 11.2. The second-order valence-corrected chi connectivity index (χ2v) is 5.98. The highest BCUT2D eigenvalue weighted by Gasteiger charge is 2.23. The molecule has 1 rings (SSSR count). The van der Waals surface area contributed by atoms with Gasteiger partial charge in [-0.1, -0.05) is 6.92 Å². The van der Waals surface area contributed by atoms with Gasteiger partial charge in [0.2, 0.25) is 0 Å². The summed E-state index contributed by atoms with van der Waals surface area (Å²) in [6.07, 6.45) is 1.14. The number of aliphatic carboxylic acids is 1. The minimum absolute atomic E-state index is 0.111. The molecule has 6 nitrogen and oxygen atoms in total. The van der Waals surface area contributed by atoms with E-state index in [-0.39, 0.29) is 12.5 Å². The minimum Gasteiger partial charge on any atom is -0.493 e. The fraction of sp³-hybridized carbons (Fsp3) is 0.632. The normalized spacial score (nSPS) is 13.2. The van der Waals surface area contributed by atoms with Crippen LogP contribution >= 0.6 is 0 Å². The molecule has 0 aromatic heterocycles. The van der Waals surface area contributed by atoms with Gasteiger partial charge in [0.15, 0.2) is 11.5 Å². The van der Waals surface area contributed by atoms with E-state index in [0.29, 0.717) is 44.2 Å². The number of nitrogens with two attached hydrogens (primary N) is 1. The summed E-state index contributed by atoms with van der Waals surface area (Å²) < 4.78 is 17.3. The van der Waals surface area contributed by atoms with E-state index in [2.05, 4.69) is 0 Å². The molecule has 25 heavy (non-hydrogen) atoms. The van der Waals surface area contributed by atoms with Crippen LogP contribution < -0.4 is 19.9 Å². The van der Waals surface area contributed by atoms with Gasteiger partial charge in [0.25, 0.3) is 0 Å². The highest BCUT2D eigenvalue weighted by Crippen LogP contribution is 2.40. The number of rotatable bonds is 12. The Bertz CT molecular complexity index is 547. The molecule has 0 heterocycles. The van der Waals surface area contributed by atoms with Gasteiger partial charge in [-0.15, -0.1) is 0 Å². The van der Waals surface area contributed by atoms with Crippen molar-refractivity contribution in [2.45, 2.75) is 40.5 Å². The first kappa shape index (κ1) is 21.1. The Kier molecular flexibility index (Phi) is 9.13. The first-order valence-corrected chi connectivity index (χ1v) is 8.95. The van der Waals surface area contributed by atoms with Crippen LogP contribution in [0.15, 0.2) is 12.1 Å². The molecule has 1 aromatic rings. The largest absolute Gasteiger partial charge is 0.493 e. The highest BCUT2D eigenvalue weighted by molar-refractivity contribution is 5.70. The zero-order valence-electron chi connectivity index (χ0n) is 15.7. The zero-order chi connectivity index (χ0) is 18.8. The van der Waals surface area contributed by atoms with Gasteiger partial charge >= 0.3 is 5.97 Å². The van der Waals surface area contributed by atoms with Crippen molar-refractivity contribution in [1.82, 2.24) is 0 Å². The molecule has 0 radical (unpaired) electrons. The summed E-state index contributed by atoms with van der Waals surface area (Å²) in [6, 6.07) is 3.74. The van der Waals surface area contributed by atoms with Gasteiger partial charge < -0.3 is 25.1 Å². The molecule has 0 aliphatic heterocycles. The molecule has 6 heteroatoms. The van der Waals surface area contributed by atoms with Crippen LogP contribution in [0.1, 0.15) is 39.7 Å². The fourth-order valence-corrected chi connectivity index (χ4v) is 2.86. The van der Waals surface area contributed by atoms with Crippen molar-refractivity contribution < 1.29 is 24.1 Å². The topological polar surface area (TPSA) is 91.0 Å². The molecule has 0 saturated carbocycles.